The van der Waals surface area contributed by atoms with Gasteiger partial charge in [-0.1, -0.05) is 169 Å². The van der Waals surface area contributed by atoms with Gasteiger partial charge in [-0.2, -0.15) is 0 Å². The van der Waals surface area contributed by atoms with Crippen molar-refractivity contribution in [1.29, 1.82) is 0 Å². The lowest BCUT2D eigenvalue weighted by molar-refractivity contribution is 0.637. The minimum Gasteiger partial charge on any atom is -0.0625 e. The van der Waals surface area contributed by atoms with Crippen LogP contribution in [0, 0.1) is 5.92 Å². The first-order valence-electron chi connectivity index (χ1n) is 21.1. The van der Waals surface area contributed by atoms with Gasteiger partial charge in [0.25, 0.3) is 0 Å². The number of rotatable bonds is 5. The molecule has 0 saturated heterocycles. The Morgan fingerprint density at radius 1 is 0.345 bits per heavy atom. The van der Waals surface area contributed by atoms with E-state index < -0.39 is 0 Å². The van der Waals surface area contributed by atoms with E-state index in [0.717, 1.165) is 6.42 Å². The quantitative estimate of drug-likeness (QED) is 0.154. The second-order valence-corrected chi connectivity index (χ2v) is 18.5. The predicted octanol–water partition coefficient (Wildman–Crippen LogP) is 16.0. The summed E-state index contributed by atoms with van der Waals surface area (Å²) < 4.78 is 0. The molecule has 0 nitrogen and oxygen atoms in total. The molecule has 280 valence electrons. The second kappa shape index (κ2) is 12.6. The Morgan fingerprint density at radius 3 is 1.34 bits per heavy atom. The van der Waals surface area contributed by atoms with Gasteiger partial charge in [0.15, 0.2) is 0 Å². The van der Waals surface area contributed by atoms with Gasteiger partial charge >= 0.3 is 0 Å². The molecule has 0 amide bonds. The Labute approximate surface area is 342 Å². The Bertz CT molecular complexity index is 3170. The molecule has 11 rings (SSSR count). The molecule has 9 aromatic carbocycles. The highest BCUT2D eigenvalue weighted by molar-refractivity contribution is 6.14. The zero-order valence-corrected chi connectivity index (χ0v) is 34.4. The first-order chi connectivity index (χ1) is 28.0. The summed E-state index contributed by atoms with van der Waals surface area (Å²) in [5, 5.41) is 7.70. The highest BCUT2D eigenvalue weighted by atomic mass is 14.4. The van der Waals surface area contributed by atoms with Crippen LogP contribution in [0.25, 0.3) is 88.0 Å². The largest absolute Gasteiger partial charge is 0.0625 e. The standard InChI is InChI=1S/C58H48/c1-35(2)27-36-15-23-48-49-25-21-41(33-54(49)57(3,4)53(48)28-36)42-22-26-51-50-24-20-40(32-55(50)58(5,6)56(51)34-42)38-16-17-39-30-44(19-18-37(39)29-38)52-31-43-11-7-8-12-45(43)46-13-9-10-14-47(46)52/h7-26,28-35H,27H2,1-6H3. The third kappa shape index (κ3) is 5.27. The van der Waals surface area contributed by atoms with Crippen molar-refractivity contribution < 1.29 is 0 Å². The smallest absolute Gasteiger partial charge is 0.0159 e. The summed E-state index contributed by atoms with van der Waals surface area (Å²) in [5.74, 6) is 0.648. The number of hydrogen-bond donors (Lipinski definition) is 0. The van der Waals surface area contributed by atoms with Crippen molar-refractivity contribution in [1.82, 2.24) is 0 Å². The highest BCUT2D eigenvalue weighted by Gasteiger charge is 2.38. The van der Waals surface area contributed by atoms with Crippen LogP contribution in [0.2, 0.25) is 0 Å². The van der Waals surface area contributed by atoms with Crippen LogP contribution in [0.3, 0.4) is 0 Å². The van der Waals surface area contributed by atoms with Crippen molar-refractivity contribution in [3.8, 4) is 55.6 Å². The van der Waals surface area contributed by atoms with E-state index in [0.29, 0.717) is 5.92 Å². The molecule has 0 spiro atoms. The molecule has 0 heteroatoms. The van der Waals surface area contributed by atoms with E-state index in [9.17, 15) is 0 Å². The Kier molecular flexibility index (Phi) is 7.61. The zero-order valence-electron chi connectivity index (χ0n) is 34.4. The molecular weight excluding hydrogens is 697 g/mol. The van der Waals surface area contributed by atoms with Gasteiger partial charge in [0.2, 0.25) is 0 Å². The Balaban J connectivity index is 0.911. The molecule has 0 N–H and O–H groups in total. The topological polar surface area (TPSA) is 0 Å². The summed E-state index contributed by atoms with van der Waals surface area (Å²) in [6.45, 7) is 14.2. The van der Waals surface area contributed by atoms with Crippen LogP contribution in [0.5, 0.6) is 0 Å². The van der Waals surface area contributed by atoms with E-state index in [4.69, 9.17) is 0 Å². The minimum atomic E-state index is -0.121. The molecule has 0 radical (unpaired) electrons. The number of benzene rings is 9. The minimum absolute atomic E-state index is 0.0343. The molecule has 0 unspecified atom stereocenters. The van der Waals surface area contributed by atoms with Crippen molar-refractivity contribution in [3.63, 3.8) is 0 Å². The third-order valence-electron chi connectivity index (χ3n) is 13.6. The molecule has 0 aliphatic heterocycles. The van der Waals surface area contributed by atoms with Crippen LogP contribution in [0.4, 0.5) is 0 Å². The monoisotopic (exact) mass is 744 g/mol. The molecular formula is C58H48. The first-order valence-corrected chi connectivity index (χ1v) is 21.1. The molecule has 0 aromatic heterocycles. The van der Waals surface area contributed by atoms with Gasteiger partial charge in [-0.3, -0.25) is 0 Å². The van der Waals surface area contributed by atoms with Gasteiger partial charge in [0, 0.05) is 10.8 Å². The van der Waals surface area contributed by atoms with E-state index in [1.807, 2.05) is 0 Å². The van der Waals surface area contributed by atoms with Gasteiger partial charge in [0.05, 0.1) is 0 Å². The average Bonchev–Trinajstić information content (AvgIpc) is 3.60. The van der Waals surface area contributed by atoms with E-state index in [-0.39, 0.29) is 10.8 Å². The van der Waals surface area contributed by atoms with E-state index in [1.165, 1.54) is 116 Å². The normalized spacial score (nSPS) is 14.5. The van der Waals surface area contributed by atoms with Crippen molar-refractivity contribution >= 4 is 32.3 Å². The fourth-order valence-corrected chi connectivity index (χ4v) is 10.5. The van der Waals surface area contributed by atoms with E-state index in [2.05, 4.69) is 205 Å². The zero-order chi connectivity index (χ0) is 39.5. The Morgan fingerprint density at radius 2 is 0.776 bits per heavy atom. The molecule has 58 heavy (non-hydrogen) atoms. The molecule has 2 aliphatic carbocycles. The lowest BCUT2D eigenvalue weighted by Crippen LogP contribution is -2.16. The van der Waals surface area contributed by atoms with Crippen LogP contribution >= 0.6 is 0 Å². The van der Waals surface area contributed by atoms with Gasteiger partial charge in [-0.15, -0.1) is 0 Å². The molecule has 0 bridgehead atoms. The molecule has 0 fully saturated rings. The Hall–Kier alpha value is -6.24. The lowest BCUT2D eigenvalue weighted by atomic mass is 9.79. The average molecular weight is 745 g/mol. The summed E-state index contributed by atoms with van der Waals surface area (Å²) in [6.07, 6.45) is 1.12. The summed E-state index contributed by atoms with van der Waals surface area (Å²) >= 11 is 0. The third-order valence-corrected chi connectivity index (χ3v) is 13.6. The van der Waals surface area contributed by atoms with Gasteiger partial charge in [-0.05, 0) is 165 Å². The second-order valence-electron chi connectivity index (χ2n) is 18.5. The van der Waals surface area contributed by atoms with Crippen LogP contribution in [-0.2, 0) is 17.3 Å². The van der Waals surface area contributed by atoms with Crippen molar-refractivity contribution in [2.45, 2.75) is 58.8 Å². The van der Waals surface area contributed by atoms with Crippen LogP contribution in [0.15, 0.2) is 164 Å². The first kappa shape index (κ1) is 35.0. The number of fused-ring (bicyclic) bond motifs is 10. The fraction of sp³-hybridized carbons (Fsp3) is 0.172. The van der Waals surface area contributed by atoms with Crippen molar-refractivity contribution in [2.75, 3.05) is 0 Å². The van der Waals surface area contributed by atoms with Gasteiger partial charge in [0.1, 0.15) is 0 Å². The molecule has 0 saturated carbocycles. The summed E-state index contributed by atoms with van der Waals surface area (Å²) in [4.78, 5) is 0. The molecule has 0 atom stereocenters. The fourth-order valence-electron chi connectivity index (χ4n) is 10.5. The van der Waals surface area contributed by atoms with Crippen molar-refractivity contribution in [2.24, 2.45) is 5.92 Å². The van der Waals surface area contributed by atoms with Gasteiger partial charge < -0.3 is 0 Å². The van der Waals surface area contributed by atoms with Gasteiger partial charge in [-0.25, -0.2) is 0 Å². The summed E-state index contributed by atoms with van der Waals surface area (Å²) in [5.41, 5.74) is 20.1. The molecule has 9 aromatic rings. The molecule has 0 heterocycles. The summed E-state index contributed by atoms with van der Waals surface area (Å²) in [7, 11) is 0. The highest BCUT2D eigenvalue weighted by Crippen LogP contribution is 2.53. The maximum absolute atomic E-state index is 2.47. The maximum Gasteiger partial charge on any atom is 0.0159 e. The van der Waals surface area contributed by atoms with Crippen LogP contribution in [-0.4, -0.2) is 0 Å². The van der Waals surface area contributed by atoms with Crippen LogP contribution < -0.4 is 0 Å². The van der Waals surface area contributed by atoms with Crippen molar-refractivity contribution in [3.05, 3.63) is 192 Å². The van der Waals surface area contributed by atoms with Crippen LogP contribution in [0.1, 0.15) is 69.4 Å². The molecule has 2 aliphatic rings. The van der Waals surface area contributed by atoms with E-state index in [1.54, 1.807) is 0 Å². The summed E-state index contributed by atoms with van der Waals surface area (Å²) in [6, 6.07) is 62.5. The predicted molar refractivity (Wildman–Crippen MR) is 249 cm³/mol. The lowest BCUT2D eigenvalue weighted by Gasteiger charge is -2.24. The maximum atomic E-state index is 2.47. The van der Waals surface area contributed by atoms with E-state index >= 15 is 0 Å². The SMILES string of the molecule is CC(C)Cc1ccc2c(c1)C(C)(C)c1cc(-c3ccc4c(c3)C(C)(C)c3cc(-c5ccc6cc(-c7cc8ccccc8c8ccccc78)ccc6c5)ccc3-4)ccc1-2. The number of hydrogen-bond acceptors (Lipinski definition) is 0.